The number of rotatable bonds is 7. The minimum absolute atomic E-state index is 0.0496. The van der Waals surface area contributed by atoms with E-state index in [-0.39, 0.29) is 5.56 Å². The molecule has 34 heavy (non-hydrogen) atoms. The summed E-state index contributed by atoms with van der Waals surface area (Å²) in [5.41, 5.74) is 2.56. The van der Waals surface area contributed by atoms with Crippen molar-refractivity contribution in [2.24, 2.45) is 0 Å². The van der Waals surface area contributed by atoms with E-state index >= 15 is 0 Å². The van der Waals surface area contributed by atoms with Crippen molar-refractivity contribution in [1.82, 2.24) is 10.2 Å². The third-order valence-electron chi connectivity index (χ3n) is 5.14. The highest BCUT2D eigenvalue weighted by atomic mass is 16.5. The van der Waals surface area contributed by atoms with Gasteiger partial charge in [-0.15, -0.1) is 0 Å². The Morgan fingerprint density at radius 2 is 1.50 bits per heavy atom. The fraction of sp³-hybridized carbons (Fsp3) is 0.111. The molecule has 0 bridgehead atoms. The second-order valence-electron chi connectivity index (χ2n) is 7.55. The summed E-state index contributed by atoms with van der Waals surface area (Å²) in [6.07, 6.45) is 0.731. The molecule has 7 heteroatoms. The number of nitrogens with one attached hydrogen (secondary N) is 2. The van der Waals surface area contributed by atoms with Crippen molar-refractivity contribution < 1.29 is 14.3 Å². The highest BCUT2D eigenvalue weighted by molar-refractivity contribution is 6.10. The maximum Gasteiger partial charge on any atom is 0.338 e. The van der Waals surface area contributed by atoms with Gasteiger partial charge in [-0.3, -0.25) is 9.59 Å². The molecule has 0 saturated carbocycles. The minimum atomic E-state index is -0.601. The number of carbonyl (C=O) groups excluding carboxylic acids is 2. The first-order chi connectivity index (χ1) is 16.6. The highest BCUT2D eigenvalue weighted by Gasteiger charge is 2.23. The van der Waals surface area contributed by atoms with Gasteiger partial charge in [-0.05, 0) is 36.2 Å². The largest absolute Gasteiger partial charge is 0.462 e. The molecule has 4 aromatic rings. The first kappa shape index (κ1) is 22.7. The Bertz CT molecular complexity index is 1350. The third kappa shape index (κ3) is 4.94. The normalized spacial score (nSPS) is 10.5. The van der Waals surface area contributed by atoms with Crippen LogP contribution in [0.1, 0.15) is 34.1 Å². The maximum absolute atomic E-state index is 13.3. The Balaban J connectivity index is 1.72. The van der Waals surface area contributed by atoms with Gasteiger partial charge in [-0.2, -0.15) is 5.10 Å². The van der Waals surface area contributed by atoms with E-state index < -0.39 is 17.4 Å². The van der Waals surface area contributed by atoms with Crippen LogP contribution in [-0.4, -0.2) is 28.7 Å². The van der Waals surface area contributed by atoms with Crippen LogP contribution in [0.2, 0.25) is 0 Å². The number of anilines is 1. The number of hydrogen-bond donors (Lipinski definition) is 2. The molecule has 3 aromatic carbocycles. The minimum Gasteiger partial charge on any atom is -0.462 e. The first-order valence-corrected chi connectivity index (χ1v) is 10.9. The topological polar surface area (TPSA) is 101 Å². The molecule has 0 aliphatic carbocycles. The van der Waals surface area contributed by atoms with E-state index in [9.17, 15) is 14.4 Å². The van der Waals surface area contributed by atoms with Gasteiger partial charge in [0.2, 0.25) is 0 Å². The molecule has 0 fully saturated rings. The molecule has 170 valence electrons. The molecule has 2 N–H and O–H groups in total. The number of H-pyrrole nitrogens is 1. The summed E-state index contributed by atoms with van der Waals surface area (Å²) in [4.78, 5) is 38.2. The van der Waals surface area contributed by atoms with Crippen molar-refractivity contribution in [2.45, 2.75) is 13.3 Å². The number of aromatic nitrogens is 2. The number of benzene rings is 3. The van der Waals surface area contributed by atoms with Crippen LogP contribution in [0.25, 0.3) is 22.4 Å². The summed E-state index contributed by atoms with van der Waals surface area (Å²) < 4.78 is 5.12. The van der Waals surface area contributed by atoms with Gasteiger partial charge < -0.3 is 10.1 Å². The molecule has 0 atom stereocenters. The molecule has 4 rings (SSSR count). The second-order valence-corrected chi connectivity index (χ2v) is 7.55. The Morgan fingerprint density at radius 1 is 0.882 bits per heavy atom. The molecule has 7 nitrogen and oxygen atoms in total. The lowest BCUT2D eigenvalue weighted by Gasteiger charge is -2.14. The SMILES string of the molecule is CCCOC(=O)c1ccc(NC(=O)c2c(-c3ccccc3)c(-c3ccccc3)n[nH]c2=O)cc1. The lowest BCUT2D eigenvalue weighted by atomic mass is 9.95. The lowest BCUT2D eigenvalue weighted by molar-refractivity contribution is 0.0505. The zero-order valence-electron chi connectivity index (χ0n) is 18.6. The average Bonchev–Trinajstić information content (AvgIpc) is 2.88. The van der Waals surface area contributed by atoms with Crippen LogP contribution in [0.5, 0.6) is 0 Å². The van der Waals surface area contributed by atoms with Crippen molar-refractivity contribution in [2.75, 3.05) is 11.9 Å². The number of esters is 1. The van der Waals surface area contributed by atoms with E-state index in [2.05, 4.69) is 15.5 Å². The molecule has 0 saturated heterocycles. The van der Waals surface area contributed by atoms with Gasteiger partial charge in [-0.1, -0.05) is 67.6 Å². The van der Waals surface area contributed by atoms with Crippen LogP contribution in [0.3, 0.4) is 0 Å². The fourth-order valence-electron chi connectivity index (χ4n) is 3.52. The number of carbonyl (C=O) groups is 2. The summed E-state index contributed by atoms with van der Waals surface area (Å²) in [5, 5.41) is 9.48. The Labute approximate surface area is 196 Å². The van der Waals surface area contributed by atoms with E-state index in [1.807, 2.05) is 67.6 Å². The molecule has 0 spiro atoms. The molecular weight excluding hydrogens is 430 g/mol. The van der Waals surface area contributed by atoms with E-state index in [4.69, 9.17) is 4.74 Å². The Hall–Kier alpha value is -4.52. The average molecular weight is 453 g/mol. The molecule has 1 heterocycles. The van der Waals surface area contributed by atoms with Crippen LogP contribution in [0, 0.1) is 0 Å². The van der Waals surface area contributed by atoms with E-state index in [1.165, 1.54) is 0 Å². The van der Waals surface area contributed by atoms with Crippen LogP contribution in [0.4, 0.5) is 5.69 Å². The maximum atomic E-state index is 13.3. The lowest BCUT2D eigenvalue weighted by Crippen LogP contribution is -2.26. The molecule has 0 radical (unpaired) electrons. The summed E-state index contributed by atoms with van der Waals surface area (Å²) >= 11 is 0. The quantitative estimate of drug-likeness (QED) is 0.387. The van der Waals surface area contributed by atoms with Gasteiger partial charge in [0, 0.05) is 16.8 Å². The zero-order valence-corrected chi connectivity index (χ0v) is 18.6. The Kier molecular flexibility index (Phi) is 6.93. The van der Waals surface area contributed by atoms with Crippen LogP contribution < -0.4 is 10.9 Å². The Morgan fingerprint density at radius 3 is 2.12 bits per heavy atom. The van der Waals surface area contributed by atoms with E-state index in [1.54, 1.807) is 24.3 Å². The van der Waals surface area contributed by atoms with Gasteiger partial charge in [0.05, 0.1) is 17.9 Å². The number of amides is 1. The first-order valence-electron chi connectivity index (χ1n) is 10.9. The van der Waals surface area contributed by atoms with Crippen molar-refractivity contribution in [3.63, 3.8) is 0 Å². The van der Waals surface area contributed by atoms with Crippen LogP contribution >= 0.6 is 0 Å². The fourth-order valence-corrected chi connectivity index (χ4v) is 3.52. The predicted octanol–water partition coefficient (Wildman–Crippen LogP) is 4.92. The van der Waals surface area contributed by atoms with Crippen molar-refractivity contribution >= 4 is 17.6 Å². The van der Waals surface area contributed by atoms with E-state index in [0.29, 0.717) is 34.7 Å². The van der Waals surface area contributed by atoms with Crippen molar-refractivity contribution in [3.05, 3.63) is 106 Å². The molecule has 1 aromatic heterocycles. The van der Waals surface area contributed by atoms with Crippen molar-refractivity contribution in [1.29, 1.82) is 0 Å². The van der Waals surface area contributed by atoms with E-state index in [0.717, 1.165) is 12.0 Å². The van der Waals surface area contributed by atoms with Crippen LogP contribution in [-0.2, 0) is 4.74 Å². The summed E-state index contributed by atoms with van der Waals surface area (Å²) in [6.45, 7) is 2.26. The monoisotopic (exact) mass is 453 g/mol. The molecular formula is C27H23N3O4. The van der Waals surface area contributed by atoms with Gasteiger partial charge in [0.1, 0.15) is 5.56 Å². The highest BCUT2D eigenvalue weighted by Crippen LogP contribution is 2.31. The molecule has 0 aliphatic rings. The van der Waals surface area contributed by atoms with Crippen LogP contribution in [0.15, 0.2) is 89.7 Å². The molecule has 0 unspecified atom stereocenters. The van der Waals surface area contributed by atoms with Gasteiger partial charge >= 0.3 is 5.97 Å². The summed E-state index contributed by atoms with van der Waals surface area (Å²) in [7, 11) is 0. The van der Waals surface area contributed by atoms with Gasteiger partial charge in [0.15, 0.2) is 0 Å². The summed E-state index contributed by atoms with van der Waals surface area (Å²) in [5.74, 6) is -1.01. The number of hydrogen-bond acceptors (Lipinski definition) is 5. The van der Waals surface area contributed by atoms with Crippen molar-refractivity contribution in [3.8, 4) is 22.4 Å². The predicted molar refractivity (Wildman–Crippen MR) is 131 cm³/mol. The third-order valence-corrected chi connectivity index (χ3v) is 5.14. The number of nitrogens with zero attached hydrogens (tertiary/aromatic N) is 1. The second kappa shape index (κ2) is 10.4. The zero-order chi connectivity index (χ0) is 23.9. The summed E-state index contributed by atoms with van der Waals surface area (Å²) in [6, 6.07) is 24.9. The molecule has 1 amide bonds. The number of aromatic amines is 1. The molecule has 0 aliphatic heterocycles. The smallest absolute Gasteiger partial charge is 0.338 e. The van der Waals surface area contributed by atoms with Gasteiger partial charge in [0.25, 0.3) is 11.5 Å². The van der Waals surface area contributed by atoms with Gasteiger partial charge in [-0.25, -0.2) is 9.89 Å². The number of ether oxygens (including phenoxy) is 1. The standard InChI is InChI=1S/C27H23N3O4/c1-2-17-34-27(33)20-13-15-21(16-14-20)28-25(31)23-22(18-9-5-3-6-10-18)24(29-30-26(23)32)19-11-7-4-8-12-19/h3-16H,2,17H2,1H3,(H,28,31)(H,30,32).